The molecule has 0 unspecified atom stereocenters. The van der Waals surface area contributed by atoms with Crippen molar-refractivity contribution in [1.29, 1.82) is 0 Å². The van der Waals surface area contributed by atoms with Crippen LogP contribution in [-0.4, -0.2) is 19.2 Å². The van der Waals surface area contributed by atoms with Crippen LogP contribution in [0.4, 0.5) is 0 Å². The number of hydrogen-bond donors (Lipinski definition) is 1. The third-order valence-electron chi connectivity index (χ3n) is 4.87. The van der Waals surface area contributed by atoms with E-state index in [2.05, 4.69) is 49.5 Å². The van der Waals surface area contributed by atoms with Crippen molar-refractivity contribution in [2.45, 2.75) is 65.2 Å². The van der Waals surface area contributed by atoms with Crippen LogP contribution in [0.2, 0.25) is 0 Å². The van der Waals surface area contributed by atoms with Gasteiger partial charge in [-0.1, -0.05) is 63.1 Å². The van der Waals surface area contributed by atoms with Gasteiger partial charge in [-0.25, -0.2) is 0 Å². The van der Waals surface area contributed by atoms with Crippen LogP contribution in [0.15, 0.2) is 54.7 Å². The van der Waals surface area contributed by atoms with Crippen LogP contribution in [0.1, 0.15) is 64.4 Å². The average Bonchev–Trinajstić information content (AvgIpc) is 3.20. The van der Waals surface area contributed by atoms with E-state index < -0.39 is 0 Å². The fourth-order valence-corrected chi connectivity index (χ4v) is 3.14. The number of aryl methyl sites for hydroxylation is 1. The Morgan fingerprint density at radius 3 is 2.50 bits per heavy atom. The van der Waals surface area contributed by atoms with Gasteiger partial charge in [-0.05, 0) is 62.1 Å². The lowest BCUT2D eigenvalue weighted by atomic mass is 10.1. The molecule has 2 rings (SSSR count). The molecule has 1 aliphatic heterocycles. The zero-order valence-corrected chi connectivity index (χ0v) is 18.6. The fourth-order valence-electron chi connectivity index (χ4n) is 3.14. The summed E-state index contributed by atoms with van der Waals surface area (Å²) in [7, 11) is 0. The number of amides is 1. The smallest absolute Gasteiger partial charge is 0.243 e. The number of benzene rings is 1. The van der Waals surface area contributed by atoms with Gasteiger partial charge in [0.15, 0.2) is 11.5 Å². The van der Waals surface area contributed by atoms with Gasteiger partial charge in [0.25, 0.3) is 0 Å². The lowest BCUT2D eigenvalue weighted by molar-refractivity contribution is -0.116. The number of unbranched alkanes of at least 4 members (excludes halogenated alkanes) is 5. The van der Waals surface area contributed by atoms with Gasteiger partial charge in [-0.2, -0.15) is 0 Å². The number of carbonyl (C=O) groups excluding carboxylic acids is 1. The van der Waals surface area contributed by atoms with Crippen molar-refractivity contribution in [2.24, 2.45) is 5.92 Å². The summed E-state index contributed by atoms with van der Waals surface area (Å²) in [5.74, 6) is 2.19. The maximum atomic E-state index is 11.5. The number of rotatable bonds is 14. The van der Waals surface area contributed by atoms with Crippen LogP contribution in [0, 0.1) is 5.92 Å². The van der Waals surface area contributed by atoms with Gasteiger partial charge in [0.1, 0.15) is 0 Å². The van der Waals surface area contributed by atoms with Gasteiger partial charge in [0.05, 0.1) is 0 Å². The van der Waals surface area contributed by atoms with Gasteiger partial charge in [0, 0.05) is 12.6 Å². The van der Waals surface area contributed by atoms with Crippen LogP contribution in [0.25, 0.3) is 0 Å². The molecule has 1 aliphatic rings. The number of fused-ring (bicyclic) bond motifs is 1. The quantitative estimate of drug-likeness (QED) is 0.173. The van der Waals surface area contributed by atoms with Crippen LogP contribution >= 0.6 is 0 Å². The number of allylic oxidation sites excluding steroid dienone is 5. The normalized spacial score (nSPS) is 13.3. The highest BCUT2D eigenvalue weighted by Gasteiger charge is 2.12. The van der Waals surface area contributed by atoms with Gasteiger partial charge in [0.2, 0.25) is 12.7 Å². The molecule has 1 heterocycles. The topological polar surface area (TPSA) is 47.6 Å². The second-order valence-electron chi connectivity index (χ2n) is 8.12. The molecule has 0 saturated carbocycles. The van der Waals surface area contributed by atoms with Crippen LogP contribution < -0.4 is 14.8 Å². The third kappa shape index (κ3) is 10.3. The predicted molar refractivity (Wildman–Crippen MR) is 124 cm³/mol. The minimum atomic E-state index is -0.0164. The fraction of sp³-hybridized carbons (Fsp3) is 0.500. The highest BCUT2D eigenvalue weighted by atomic mass is 16.7. The molecule has 1 N–H and O–H groups in total. The Morgan fingerprint density at radius 2 is 1.70 bits per heavy atom. The van der Waals surface area contributed by atoms with Gasteiger partial charge < -0.3 is 14.8 Å². The van der Waals surface area contributed by atoms with Crippen LogP contribution in [0.5, 0.6) is 11.5 Å². The van der Waals surface area contributed by atoms with Gasteiger partial charge >= 0.3 is 0 Å². The van der Waals surface area contributed by atoms with E-state index >= 15 is 0 Å². The molecule has 1 aromatic rings. The van der Waals surface area contributed by atoms with Gasteiger partial charge in [-0.3, -0.25) is 4.79 Å². The van der Waals surface area contributed by atoms with Crippen LogP contribution in [0.3, 0.4) is 0 Å². The van der Waals surface area contributed by atoms with E-state index in [1.165, 1.54) is 31.2 Å². The molecular formula is C26H37NO3. The second kappa shape index (κ2) is 14.5. The summed E-state index contributed by atoms with van der Waals surface area (Å²) < 4.78 is 10.8. The summed E-state index contributed by atoms with van der Waals surface area (Å²) in [4.78, 5) is 11.5. The van der Waals surface area contributed by atoms with E-state index in [0.717, 1.165) is 43.7 Å². The molecule has 4 nitrogen and oxygen atoms in total. The molecule has 0 saturated heterocycles. The highest BCUT2D eigenvalue weighted by molar-refractivity contribution is 5.87. The molecule has 164 valence electrons. The SMILES string of the molecule is CC(C)CNC(=O)/C=C/C=C/CCCCCC/C=C/CCc1ccc2c(c1)OCO2. The van der Waals surface area contributed by atoms with E-state index in [1.54, 1.807) is 6.08 Å². The lowest BCUT2D eigenvalue weighted by Crippen LogP contribution is -2.25. The van der Waals surface area contributed by atoms with E-state index in [4.69, 9.17) is 9.47 Å². The zero-order valence-electron chi connectivity index (χ0n) is 18.6. The Balaban J connectivity index is 1.41. The maximum absolute atomic E-state index is 11.5. The molecule has 0 fully saturated rings. The van der Waals surface area contributed by atoms with E-state index in [-0.39, 0.29) is 5.91 Å². The number of carbonyl (C=O) groups is 1. The molecule has 1 aromatic carbocycles. The average molecular weight is 412 g/mol. The van der Waals surface area contributed by atoms with E-state index in [9.17, 15) is 4.79 Å². The minimum absolute atomic E-state index is 0.0164. The van der Waals surface area contributed by atoms with Crippen molar-refractivity contribution < 1.29 is 14.3 Å². The standard InChI is InChI=1S/C26H37NO3/c1-22(2)20-27-26(28)16-14-12-10-8-6-4-3-5-7-9-11-13-15-23-17-18-24-25(19-23)30-21-29-24/h9-12,14,16-19,22H,3-8,13,15,20-21H2,1-2H3,(H,27,28)/b11-9+,12-10+,16-14+. The van der Waals surface area contributed by atoms with E-state index in [0.29, 0.717) is 12.7 Å². The lowest BCUT2D eigenvalue weighted by Gasteiger charge is -2.03. The second-order valence-corrected chi connectivity index (χ2v) is 8.12. The maximum Gasteiger partial charge on any atom is 0.243 e. The van der Waals surface area contributed by atoms with Crippen molar-refractivity contribution in [3.8, 4) is 11.5 Å². The molecule has 0 spiro atoms. The van der Waals surface area contributed by atoms with Crippen molar-refractivity contribution in [1.82, 2.24) is 5.32 Å². The first-order valence-electron chi connectivity index (χ1n) is 11.3. The Labute approximate surface area is 182 Å². The molecule has 4 heteroatoms. The summed E-state index contributed by atoms with van der Waals surface area (Å²) in [6.07, 6.45) is 21.4. The first-order chi connectivity index (χ1) is 14.6. The molecule has 0 aromatic heterocycles. The summed E-state index contributed by atoms with van der Waals surface area (Å²) in [5, 5.41) is 2.87. The summed E-state index contributed by atoms with van der Waals surface area (Å²) >= 11 is 0. The first-order valence-corrected chi connectivity index (χ1v) is 11.3. The summed E-state index contributed by atoms with van der Waals surface area (Å²) in [5.41, 5.74) is 1.29. The van der Waals surface area contributed by atoms with E-state index in [1.807, 2.05) is 18.2 Å². The predicted octanol–water partition coefficient (Wildman–Crippen LogP) is 6.13. The zero-order chi connectivity index (χ0) is 21.4. The Kier molecular flexibility index (Phi) is 11.5. The van der Waals surface area contributed by atoms with Crippen molar-refractivity contribution in [3.63, 3.8) is 0 Å². The molecular weight excluding hydrogens is 374 g/mol. The molecule has 0 atom stereocenters. The number of hydrogen-bond acceptors (Lipinski definition) is 3. The Hall–Kier alpha value is -2.49. The first kappa shape index (κ1) is 23.8. The van der Waals surface area contributed by atoms with Crippen LogP contribution in [-0.2, 0) is 11.2 Å². The van der Waals surface area contributed by atoms with Gasteiger partial charge in [-0.15, -0.1) is 0 Å². The summed E-state index contributed by atoms with van der Waals surface area (Å²) in [6.45, 7) is 5.23. The molecule has 0 aliphatic carbocycles. The monoisotopic (exact) mass is 411 g/mol. The Bertz CT molecular complexity index is 719. The molecule has 0 radical (unpaired) electrons. The molecule has 0 bridgehead atoms. The minimum Gasteiger partial charge on any atom is -0.454 e. The van der Waals surface area contributed by atoms with Crippen molar-refractivity contribution >= 4 is 5.91 Å². The van der Waals surface area contributed by atoms with Crippen molar-refractivity contribution in [3.05, 3.63) is 60.2 Å². The number of ether oxygens (including phenoxy) is 2. The largest absolute Gasteiger partial charge is 0.454 e. The molecule has 30 heavy (non-hydrogen) atoms. The van der Waals surface area contributed by atoms with Crippen molar-refractivity contribution in [2.75, 3.05) is 13.3 Å². The number of nitrogens with one attached hydrogen (secondary N) is 1. The Morgan fingerprint density at radius 1 is 0.967 bits per heavy atom. The molecule has 1 amide bonds. The third-order valence-corrected chi connectivity index (χ3v) is 4.87. The summed E-state index contributed by atoms with van der Waals surface area (Å²) in [6, 6.07) is 6.20. The highest BCUT2D eigenvalue weighted by Crippen LogP contribution is 2.32.